The third kappa shape index (κ3) is 5.97. The first kappa shape index (κ1) is 16.9. The zero-order valence-electron chi connectivity index (χ0n) is 11.1. The van der Waals surface area contributed by atoms with Crippen LogP contribution in [0, 0.1) is 0 Å². The molecule has 4 N–H and O–H groups in total. The molecule has 0 fully saturated rings. The molecule has 0 bridgehead atoms. The van der Waals surface area contributed by atoms with Crippen molar-refractivity contribution in [2.45, 2.75) is 64.8 Å². The summed E-state index contributed by atoms with van der Waals surface area (Å²) in [6.07, 6.45) is 0.298. The van der Waals surface area contributed by atoms with E-state index in [2.05, 4.69) is 0 Å². The summed E-state index contributed by atoms with van der Waals surface area (Å²) in [6.45, 7) is 3.47. The molecule has 2 unspecified atom stereocenters. The lowest BCUT2D eigenvalue weighted by Crippen LogP contribution is -2.46. The van der Waals surface area contributed by atoms with Crippen LogP contribution in [0.15, 0.2) is 0 Å². The van der Waals surface area contributed by atoms with Gasteiger partial charge in [0.15, 0.2) is 0 Å². The maximum absolute atomic E-state index is 11.9. The van der Waals surface area contributed by atoms with Gasteiger partial charge in [-0.1, -0.05) is 13.8 Å². The van der Waals surface area contributed by atoms with E-state index in [0.717, 1.165) is 4.90 Å². The van der Waals surface area contributed by atoms with Crippen LogP contribution in [0.3, 0.4) is 0 Å². The average molecular weight is 260 g/mol. The summed E-state index contributed by atoms with van der Waals surface area (Å²) in [6, 6.07) is 0. The first-order chi connectivity index (χ1) is 8.43. The molecular formula is C12H24N2O4. The van der Waals surface area contributed by atoms with E-state index >= 15 is 0 Å². The van der Waals surface area contributed by atoms with Gasteiger partial charge >= 0.3 is 0 Å². The molecule has 0 radical (unpaired) electrons. The summed E-state index contributed by atoms with van der Waals surface area (Å²) in [5.41, 5.74) is 4.99. The number of carbonyl (C=O) groups excluding carboxylic acids is 2. The number of unbranched alkanes of at least 4 members (excludes halogenated alkanes) is 1. The van der Waals surface area contributed by atoms with Gasteiger partial charge in [-0.25, -0.2) is 0 Å². The minimum absolute atomic E-state index is 0.196. The van der Waals surface area contributed by atoms with E-state index in [-0.39, 0.29) is 24.7 Å². The Hall–Kier alpha value is -1.14. The summed E-state index contributed by atoms with van der Waals surface area (Å²) in [4.78, 5) is 23.5. The van der Waals surface area contributed by atoms with Crippen molar-refractivity contribution in [1.29, 1.82) is 0 Å². The van der Waals surface area contributed by atoms with Gasteiger partial charge in [0.05, 0.1) is 0 Å². The summed E-state index contributed by atoms with van der Waals surface area (Å²) >= 11 is 0. The summed E-state index contributed by atoms with van der Waals surface area (Å²) in [5.74, 6) is -0.690. The number of carbonyl (C=O) groups is 2. The van der Waals surface area contributed by atoms with Crippen LogP contribution in [-0.2, 0) is 9.59 Å². The summed E-state index contributed by atoms with van der Waals surface area (Å²) in [5, 5.41) is 19.4. The van der Waals surface area contributed by atoms with Gasteiger partial charge in [0, 0.05) is 12.8 Å². The molecule has 0 saturated carbocycles. The maximum atomic E-state index is 11.9. The second-order valence-electron chi connectivity index (χ2n) is 4.25. The molecule has 0 saturated heterocycles. The Bertz CT molecular complexity index is 261. The first-order valence-electron chi connectivity index (χ1n) is 6.39. The van der Waals surface area contributed by atoms with Crippen molar-refractivity contribution >= 4 is 11.8 Å². The van der Waals surface area contributed by atoms with E-state index in [1.807, 2.05) is 0 Å². The number of nitrogens with zero attached hydrogens (tertiary/aromatic N) is 1. The molecule has 6 nitrogen and oxygen atoms in total. The van der Waals surface area contributed by atoms with Gasteiger partial charge in [-0.15, -0.1) is 0 Å². The fourth-order valence-corrected chi connectivity index (χ4v) is 1.63. The van der Waals surface area contributed by atoms with Crippen LogP contribution in [0.25, 0.3) is 0 Å². The van der Waals surface area contributed by atoms with Crippen LogP contribution in [0.2, 0.25) is 0 Å². The molecule has 106 valence electrons. The molecule has 0 heterocycles. The Morgan fingerprint density at radius 1 is 1.06 bits per heavy atom. The third-order valence-electron chi connectivity index (χ3n) is 2.72. The largest absolute Gasteiger partial charge is 0.373 e. The number of aliphatic hydroxyl groups excluding tert-OH is 2. The predicted octanol–water partition coefficient (Wildman–Crippen LogP) is 0.318. The van der Waals surface area contributed by atoms with Gasteiger partial charge < -0.3 is 15.9 Å². The first-order valence-corrected chi connectivity index (χ1v) is 6.39. The quantitative estimate of drug-likeness (QED) is 0.410. The van der Waals surface area contributed by atoms with Gasteiger partial charge in [-0.2, -0.15) is 0 Å². The van der Waals surface area contributed by atoms with Crippen molar-refractivity contribution in [1.82, 2.24) is 4.90 Å². The van der Waals surface area contributed by atoms with Gasteiger partial charge in [0.25, 0.3) is 0 Å². The lowest BCUT2D eigenvalue weighted by atomic mass is 10.1. The van der Waals surface area contributed by atoms with Gasteiger partial charge in [-0.05, 0) is 25.7 Å². The van der Waals surface area contributed by atoms with Gasteiger partial charge in [-0.3, -0.25) is 14.5 Å². The third-order valence-corrected chi connectivity index (χ3v) is 2.72. The monoisotopic (exact) mass is 260 g/mol. The Labute approximate surface area is 108 Å². The van der Waals surface area contributed by atoms with E-state index in [1.165, 1.54) is 0 Å². The molecular weight excluding hydrogens is 236 g/mol. The number of nitrogens with two attached hydrogens (primary N) is 1. The van der Waals surface area contributed by atoms with Crippen LogP contribution in [-0.4, -0.2) is 39.4 Å². The second kappa shape index (κ2) is 8.88. The number of amides is 2. The Morgan fingerprint density at radius 2 is 1.50 bits per heavy atom. The van der Waals surface area contributed by atoms with Crippen molar-refractivity contribution in [3.05, 3.63) is 0 Å². The average Bonchev–Trinajstić information content (AvgIpc) is 2.34. The standard InChI is InChI=1S/C12H24N2O4/c1-3-10(16)14(11(17)4-2)12(18)8-6-5-7-9(13)15/h10-11,16-17H,3-8H2,1-2H3,(H2,13,15). The maximum Gasteiger partial charge on any atom is 0.226 e. The highest BCUT2D eigenvalue weighted by molar-refractivity contribution is 5.77. The summed E-state index contributed by atoms with van der Waals surface area (Å²) < 4.78 is 0. The van der Waals surface area contributed by atoms with E-state index in [9.17, 15) is 19.8 Å². The lowest BCUT2D eigenvalue weighted by Gasteiger charge is -2.31. The fraction of sp³-hybridized carbons (Fsp3) is 0.833. The van der Waals surface area contributed by atoms with Gasteiger partial charge in [0.1, 0.15) is 12.5 Å². The molecule has 0 aliphatic rings. The Morgan fingerprint density at radius 3 is 1.89 bits per heavy atom. The number of hydrogen-bond donors (Lipinski definition) is 3. The van der Waals surface area contributed by atoms with E-state index in [1.54, 1.807) is 13.8 Å². The number of hydrogen-bond acceptors (Lipinski definition) is 4. The highest BCUT2D eigenvalue weighted by atomic mass is 16.3. The Kier molecular flexibility index (Phi) is 8.32. The molecule has 0 rings (SSSR count). The number of aliphatic hydroxyl groups is 2. The zero-order valence-corrected chi connectivity index (χ0v) is 11.1. The van der Waals surface area contributed by atoms with Crippen LogP contribution in [0.4, 0.5) is 0 Å². The molecule has 6 heteroatoms. The van der Waals surface area contributed by atoms with Crippen LogP contribution < -0.4 is 5.73 Å². The molecule has 2 amide bonds. The van der Waals surface area contributed by atoms with Crippen molar-refractivity contribution in [2.24, 2.45) is 5.73 Å². The molecule has 0 spiro atoms. The number of primary amides is 1. The smallest absolute Gasteiger partial charge is 0.226 e. The van der Waals surface area contributed by atoms with Crippen molar-refractivity contribution in [2.75, 3.05) is 0 Å². The lowest BCUT2D eigenvalue weighted by molar-refractivity contribution is -0.161. The molecule has 18 heavy (non-hydrogen) atoms. The molecule has 0 aromatic carbocycles. The highest BCUT2D eigenvalue weighted by Gasteiger charge is 2.25. The minimum atomic E-state index is -0.969. The Balaban J connectivity index is 4.26. The van der Waals surface area contributed by atoms with Gasteiger partial charge in [0.2, 0.25) is 11.8 Å². The van der Waals surface area contributed by atoms with Crippen molar-refractivity contribution in [3.8, 4) is 0 Å². The van der Waals surface area contributed by atoms with Crippen molar-refractivity contribution in [3.63, 3.8) is 0 Å². The topological polar surface area (TPSA) is 104 Å². The van der Waals surface area contributed by atoms with E-state index < -0.39 is 12.5 Å². The molecule has 0 aromatic heterocycles. The van der Waals surface area contributed by atoms with Crippen molar-refractivity contribution < 1.29 is 19.8 Å². The molecule has 0 aliphatic heterocycles. The molecule has 0 aromatic rings. The normalized spacial score (nSPS) is 14.0. The van der Waals surface area contributed by atoms with Crippen LogP contribution >= 0.6 is 0 Å². The predicted molar refractivity (Wildman–Crippen MR) is 67.1 cm³/mol. The summed E-state index contributed by atoms with van der Waals surface area (Å²) in [7, 11) is 0. The number of rotatable bonds is 9. The second-order valence-corrected chi connectivity index (χ2v) is 4.25. The molecule has 2 atom stereocenters. The fourth-order valence-electron chi connectivity index (χ4n) is 1.63. The van der Waals surface area contributed by atoms with Crippen LogP contribution in [0.5, 0.6) is 0 Å². The SMILES string of the molecule is CCC(O)N(C(=O)CCCCC(N)=O)C(O)CC. The van der Waals surface area contributed by atoms with E-state index in [4.69, 9.17) is 5.73 Å². The minimum Gasteiger partial charge on any atom is -0.373 e. The van der Waals surface area contributed by atoms with E-state index in [0.29, 0.717) is 25.7 Å². The van der Waals surface area contributed by atoms with Crippen LogP contribution in [0.1, 0.15) is 52.4 Å². The highest BCUT2D eigenvalue weighted by Crippen LogP contribution is 2.12. The zero-order chi connectivity index (χ0) is 14.1. The molecule has 0 aliphatic carbocycles.